The number of aliphatic hydroxyl groups excluding tert-OH is 1. The highest BCUT2D eigenvalue weighted by atomic mass is 16.5. The summed E-state index contributed by atoms with van der Waals surface area (Å²) in [5.74, 6) is 0. The molecule has 92 valence electrons. The van der Waals surface area contributed by atoms with E-state index in [0.29, 0.717) is 19.8 Å². The number of nitrogens with zero attached hydrogens (tertiary/aromatic N) is 2. The Morgan fingerprint density at radius 2 is 2.00 bits per heavy atom. The summed E-state index contributed by atoms with van der Waals surface area (Å²) in [6.45, 7) is 5.73. The number of hydrogen-bond acceptors (Lipinski definition) is 3. The fourth-order valence-corrected chi connectivity index (χ4v) is 2.41. The van der Waals surface area contributed by atoms with E-state index in [0.717, 1.165) is 12.8 Å². The van der Waals surface area contributed by atoms with Crippen molar-refractivity contribution >= 4 is 6.03 Å². The lowest BCUT2D eigenvalue weighted by Gasteiger charge is -2.32. The first-order valence-electron chi connectivity index (χ1n) is 5.96. The van der Waals surface area contributed by atoms with Gasteiger partial charge in [0.2, 0.25) is 0 Å². The summed E-state index contributed by atoms with van der Waals surface area (Å²) in [7, 11) is 0. The van der Waals surface area contributed by atoms with Gasteiger partial charge in [-0.1, -0.05) is 0 Å². The number of carbonyl (C=O) groups excluding carboxylic acids is 1. The lowest BCUT2D eigenvalue weighted by molar-refractivity contribution is -0.00922. The Balaban J connectivity index is 2.06. The first kappa shape index (κ1) is 11.7. The second kappa shape index (κ2) is 4.59. The van der Waals surface area contributed by atoms with Crippen molar-refractivity contribution in [2.24, 2.45) is 0 Å². The van der Waals surface area contributed by atoms with Crippen molar-refractivity contribution in [3.05, 3.63) is 0 Å². The number of β-amino-alcohol motifs (C(OH)–C–C–N with tert-alkyl or cyclic N) is 1. The molecule has 0 aliphatic carbocycles. The minimum atomic E-state index is -0.655. The maximum Gasteiger partial charge on any atom is 0.322 e. The van der Waals surface area contributed by atoms with E-state index >= 15 is 0 Å². The topological polar surface area (TPSA) is 53.0 Å². The van der Waals surface area contributed by atoms with Gasteiger partial charge in [0, 0.05) is 25.3 Å². The highest BCUT2D eigenvalue weighted by Gasteiger charge is 2.41. The van der Waals surface area contributed by atoms with Gasteiger partial charge in [-0.15, -0.1) is 0 Å². The maximum absolute atomic E-state index is 12.1. The first-order chi connectivity index (χ1) is 7.61. The zero-order valence-corrected chi connectivity index (χ0v) is 9.93. The Morgan fingerprint density at radius 3 is 2.50 bits per heavy atom. The zero-order valence-electron chi connectivity index (χ0n) is 9.93. The van der Waals surface area contributed by atoms with Crippen molar-refractivity contribution < 1.29 is 14.6 Å². The predicted octanol–water partition coefficient (Wildman–Crippen LogP) is 0.630. The smallest absolute Gasteiger partial charge is 0.322 e. The zero-order chi connectivity index (χ0) is 11.7. The van der Waals surface area contributed by atoms with Gasteiger partial charge in [-0.3, -0.25) is 4.90 Å². The van der Waals surface area contributed by atoms with Crippen LogP contribution in [0.2, 0.25) is 0 Å². The van der Waals surface area contributed by atoms with Crippen molar-refractivity contribution in [2.75, 3.05) is 19.8 Å². The molecule has 16 heavy (non-hydrogen) atoms. The highest BCUT2D eigenvalue weighted by Crippen LogP contribution is 2.24. The molecule has 0 aromatic carbocycles. The van der Waals surface area contributed by atoms with E-state index in [1.54, 1.807) is 9.80 Å². The molecule has 2 saturated heterocycles. The number of rotatable bonds is 2. The number of hydrogen-bond donors (Lipinski definition) is 1. The van der Waals surface area contributed by atoms with Crippen LogP contribution in [0.5, 0.6) is 0 Å². The average Bonchev–Trinajstić information content (AvgIpc) is 2.56. The van der Waals surface area contributed by atoms with Crippen LogP contribution >= 0.6 is 0 Å². The second-order valence-corrected chi connectivity index (χ2v) is 4.76. The summed E-state index contributed by atoms with van der Waals surface area (Å²) in [5.41, 5.74) is 0. The molecule has 2 rings (SSSR count). The van der Waals surface area contributed by atoms with Gasteiger partial charge in [-0.2, -0.15) is 0 Å². The van der Waals surface area contributed by atoms with Gasteiger partial charge < -0.3 is 14.7 Å². The summed E-state index contributed by atoms with van der Waals surface area (Å²) in [6.07, 6.45) is 1.00. The molecule has 0 spiro atoms. The van der Waals surface area contributed by atoms with E-state index in [2.05, 4.69) is 0 Å². The number of ether oxygens (including phenoxy) is 1. The van der Waals surface area contributed by atoms with Crippen LogP contribution in [-0.4, -0.2) is 59.0 Å². The third-order valence-corrected chi connectivity index (χ3v) is 3.36. The Bertz CT molecular complexity index is 264. The van der Waals surface area contributed by atoms with Gasteiger partial charge in [-0.25, -0.2) is 4.79 Å². The van der Waals surface area contributed by atoms with E-state index in [1.165, 1.54) is 0 Å². The third kappa shape index (κ3) is 2.01. The summed E-state index contributed by atoms with van der Waals surface area (Å²) in [5, 5.41) is 9.95. The van der Waals surface area contributed by atoms with Crippen LogP contribution in [0, 0.1) is 0 Å². The number of amides is 2. The third-order valence-electron chi connectivity index (χ3n) is 3.36. The quantitative estimate of drug-likeness (QED) is 0.754. The van der Waals surface area contributed by atoms with Crippen molar-refractivity contribution in [2.45, 2.75) is 45.0 Å². The molecule has 1 unspecified atom stereocenters. The predicted molar refractivity (Wildman–Crippen MR) is 58.9 cm³/mol. The Hall–Kier alpha value is -0.810. The normalized spacial score (nSPS) is 28.2. The SMILES string of the molecule is CC(C)N1CC(O)N(C2CCOCC2)C1=O. The second-order valence-electron chi connectivity index (χ2n) is 4.76. The van der Waals surface area contributed by atoms with Crippen molar-refractivity contribution in [1.82, 2.24) is 9.80 Å². The fraction of sp³-hybridized carbons (Fsp3) is 0.909. The molecule has 0 aromatic rings. The summed E-state index contributed by atoms with van der Waals surface area (Å²) < 4.78 is 5.27. The Labute approximate surface area is 96.0 Å². The first-order valence-corrected chi connectivity index (χ1v) is 5.96. The van der Waals surface area contributed by atoms with Crippen molar-refractivity contribution in [3.63, 3.8) is 0 Å². The molecule has 0 saturated carbocycles. The standard InChI is InChI=1S/C11H20N2O3/c1-8(2)12-7-10(14)13(11(12)15)9-3-5-16-6-4-9/h8-10,14H,3-7H2,1-2H3. The molecule has 2 aliphatic heterocycles. The molecule has 2 aliphatic rings. The van der Waals surface area contributed by atoms with E-state index in [4.69, 9.17) is 4.74 Å². The fourth-order valence-electron chi connectivity index (χ4n) is 2.41. The number of urea groups is 1. The van der Waals surface area contributed by atoms with Crippen molar-refractivity contribution in [3.8, 4) is 0 Å². The molecule has 5 heteroatoms. The molecule has 0 radical (unpaired) electrons. The monoisotopic (exact) mass is 228 g/mol. The van der Waals surface area contributed by atoms with Gasteiger partial charge in [0.1, 0.15) is 6.23 Å². The molecule has 1 atom stereocenters. The highest BCUT2D eigenvalue weighted by molar-refractivity contribution is 5.77. The van der Waals surface area contributed by atoms with Gasteiger partial charge in [-0.05, 0) is 26.7 Å². The lowest BCUT2D eigenvalue weighted by Crippen LogP contribution is -2.46. The lowest BCUT2D eigenvalue weighted by atomic mass is 10.1. The van der Waals surface area contributed by atoms with Crippen LogP contribution < -0.4 is 0 Å². The van der Waals surface area contributed by atoms with Gasteiger partial charge in [0.25, 0.3) is 0 Å². The maximum atomic E-state index is 12.1. The van der Waals surface area contributed by atoms with Crippen LogP contribution in [-0.2, 0) is 4.74 Å². The molecule has 2 heterocycles. The van der Waals surface area contributed by atoms with Crippen LogP contribution in [0.4, 0.5) is 4.79 Å². The van der Waals surface area contributed by atoms with Crippen LogP contribution in [0.1, 0.15) is 26.7 Å². The molecule has 0 aromatic heterocycles. The molecular formula is C11H20N2O3. The minimum absolute atomic E-state index is 0.0330. The molecule has 2 fully saturated rings. The summed E-state index contributed by atoms with van der Waals surface area (Å²) >= 11 is 0. The van der Waals surface area contributed by atoms with E-state index in [-0.39, 0.29) is 18.1 Å². The van der Waals surface area contributed by atoms with Gasteiger partial charge in [0.15, 0.2) is 0 Å². The van der Waals surface area contributed by atoms with E-state index < -0.39 is 6.23 Å². The summed E-state index contributed by atoms with van der Waals surface area (Å²) in [6, 6.07) is 0.251. The molecule has 5 nitrogen and oxygen atoms in total. The minimum Gasteiger partial charge on any atom is -0.381 e. The average molecular weight is 228 g/mol. The largest absolute Gasteiger partial charge is 0.381 e. The Kier molecular flexibility index (Phi) is 3.35. The van der Waals surface area contributed by atoms with Gasteiger partial charge >= 0.3 is 6.03 Å². The van der Waals surface area contributed by atoms with Crippen LogP contribution in [0.25, 0.3) is 0 Å². The number of carbonyl (C=O) groups is 1. The van der Waals surface area contributed by atoms with Gasteiger partial charge in [0.05, 0.1) is 6.54 Å². The molecule has 2 amide bonds. The molecule has 1 N–H and O–H groups in total. The van der Waals surface area contributed by atoms with Crippen molar-refractivity contribution in [1.29, 1.82) is 0 Å². The number of aliphatic hydroxyl groups is 1. The van der Waals surface area contributed by atoms with Crippen LogP contribution in [0.3, 0.4) is 0 Å². The van der Waals surface area contributed by atoms with Crippen LogP contribution in [0.15, 0.2) is 0 Å². The molecular weight excluding hydrogens is 208 g/mol. The summed E-state index contributed by atoms with van der Waals surface area (Å²) in [4.78, 5) is 15.5. The molecule has 0 bridgehead atoms. The van der Waals surface area contributed by atoms with E-state index in [9.17, 15) is 9.90 Å². The van der Waals surface area contributed by atoms with E-state index in [1.807, 2.05) is 13.8 Å². The Morgan fingerprint density at radius 1 is 1.38 bits per heavy atom.